The predicted molar refractivity (Wildman–Crippen MR) is 132 cm³/mol. The molecule has 35 heavy (non-hydrogen) atoms. The molecule has 0 radical (unpaired) electrons. The van der Waals surface area contributed by atoms with Crippen molar-refractivity contribution in [1.29, 1.82) is 0 Å². The van der Waals surface area contributed by atoms with Crippen LogP contribution in [0.1, 0.15) is 50.6 Å². The summed E-state index contributed by atoms with van der Waals surface area (Å²) in [4.78, 5) is 37.3. The van der Waals surface area contributed by atoms with E-state index in [1.165, 1.54) is 0 Å². The third-order valence-corrected chi connectivity index (χ3v) is 6.06. The summed E-state index contributed by atoms with van der Waals surface area (Å²) in [7, 11) is 0. The van der Waals surface area contributed by atoms with Crippen LogP contribution in [-0.4, -0.2) is 30.0 Å². The minimum Gasteiger partial charge on any atom is -0.484 e. The number of carbonyl (C=O) groups excluding carboxylic acids is 3. The van der Waals surface area contributed by atoms with Gasteiger partial charge in [0.1, 0.15) is 11.5 Å². The SMILES string of the molecule is Cc1c(C(=O)NNC(=O)c2ccccc2Br)oc2c1/C(=N/NC(=O)COc1ccccc1)CCC2. The fourth-order valence-corrected chi connectivity index (χ4v) is 4.17. The Morgan fingerprint density at radius 3 is 2.49 bits per heavy atom. The fraction of sp³-hybridized carbons (Fsp3) is 0.200. The van der Waals surface area contributed by atoms with E-state index in [9.17, 15) is 14.4 Å². The van der Waals surface area contributed by atoms with E-state index in [2.05, 4.69) is 37.3 Å². The number of amides is 3. The first-order chi connectivity index (χ1) is 16.9. The third kappa shape index (κ3) is 5.78. The minimum absolute atomic E-state index is 0.0794. The lowest BCUT2D eigenvalue weighted by atomic mass is 9.93. The van der Waals surface area contributed by atoms with E-state index >= 15 is 0 Å². The van der Waals surface area contributed by atoms with Gasteiger partial charge in [-0.25, -0.2) is 5.43 Å². The highest BCUT2D eigenvalue weighted by Gasteiger charge is 2.28. The van der Waals surface area contributed by atoms with Gasteiger partial charge in [-0.2, -0.15) is 5.10 Å². The molecule has 3 amide bonds. The van der Waals surface area contributed by atoms with Crippen LogP contribution in [-0.2, 0) is 11.2 Å². The first-order valence-electron chi connectivity index (χ1n) is 10.9. The zero-order valence-corrected chi connectivity index (χ0v) is 20.5. The summed E-state index contributed by atoms with van der Waals surface area (Å²) in [5, 5.41) is 4.26. The van der Waals surface area contributed by atoms with Crippen LogP contribution in [0.4, 0.5) is 0 Å². The van der Waals surface area contributed by atoms with Gasteiger partial charge < -0.3 is 9.15 Å². The number of aryl methyl sites for hydroxylation is 1. The number of furan rings is 1. The van der Waals surface area contributed by atoms with Crippen molar-refractivity contribution in [2.75, 3.05) is 6.61 Å². The molecular weight excluding hydrogens is 516 g/mol. The number of nitrogens with zero attached hydrogens (tertiary/aromatic N) is 1. The summed E-state index contributed by atoms with van der Waals surface area (Å²) in [6, 6.07) is 15.9. The maximum atomic E-state index is 12.7. The molecule has 1 aliphatic rings. The Bertz CT molecular complexity index is 1290. The van der Waals surface area contributed by atoms with E-state index < -0.39 is 17.7 Å². The van der Waals surface area contributed by atoms with Gasteiger partial charge in [-0.3, -0.25) is 25.2 Å². The maximum absolute atomic E-state index is 12.7. The number of nitrogens with one attached hydrogen (secondary N) is 3. The van der Waals surface area contributed by atoms with Gasteiger partial charge in [0.15, 0.2) is 12.4 Å². The first kappa shape index (κ1) is 24.2. The van der Waals surface area contributed by atoms with Crippen molar-refractivity contribution in [3.8, 4) is 5.75 Å². The van der Waals surface area contributed by atoms with Crippen molar-refractivity contribution in [3.63, 3.8) is 0 Å². The van der Waals surface area contributed by atoms with E-state index in [0.717, 1.165) is 6.42 Å². The van der Waals surface area contributed by atoms with Crippen molar-refractivity contribution in [2.24, 2.45) is 5.10 Å². The van der Waals surface area contributed by atoms with E-state index in [0.29, 0.717) is 51.2 Å². The molecule has 1 aromatic heterocycles. The molecule has 4 rings (SSSR count). The number of hydrogen-bond acceptors (Lipinski definition) is 6. The molecule has 180 valence electrons. The number of rotatable bonds is 6. The average Bonchev–Trinajstić information content (AvgIpc) is 3.22. The highest BCUT2D eigenvalue weighted by atomic mass is 79.9. The second-order valence-electron chi connectivity index (χ2n) is 7.79. The van der Waals surface area contributed by atoms with Crippen LogP contribution < -0.4 is 21.0 Å². The summed E-state index contributed by atoms with van der Waals surface area (Å²) in [6.45, 7) is 1.57. The molecule has 0 atom stereocenters. The van der Waals surface area contributed by atoms with Crippen LogP contribution >= 0.6 is 15.9 Å². The second kappa shape index (κ2) is 11.0. The Morgan fingerprint density at radius 1 is 1.00 bits per heavy atom. The molecule has 3 N–H and O–H groups in total. The Hall–Kier alpha value is -3.92. The van der Waals surface area contributed by atoms with E-state index in [-0.39, 0.29) is 12.4 Å². The van der Waals surface area contributed by atoms with Gasteiger partial charge >= 0.3 is 5.91 Å². The van der Waals surface area contributed by atoms with Crippen molar-refractivity contribution < 1.29 is 23.5 Å². The second-order valence-corrected chi connectivity index (χ2v) is 8.65. The van der Waals surface area contributed by atoms with Gasteiger partial charge in [0, 0.05) is 22.0 Å². The number of benzene rings is 2. The molecule has 1 heterocycles. The highest BCUT2D eigenvalue weighted by Crippen LogP contribution is 2.29. The molecule has 0 fully saturated rings. The maximum Gasteiger partial charge on any atom is 0.305 e. The number of hydrazone groups is 1. The van der Waals surface area contributed by atoms with Crippen LogP contribution in [0.25, 0.3) is 0 Å². The molecule has 0 spiro atoms. The van der Waals surface area contributed by atoms with Gasteiger partial charge in [-0.1, -0.05) is 30.3 Å². The van der Waals surface area contributed by atoms with E-state index in [4.69, 9.17) is 9.15 Å². The molecule has 0 saturated heterocycles. The molecule has 1 aliphatic carbocycles. The molecule has 0 saturated carbocycles. The molecule has 9 nitrogen and oxygen atoms in total. The lowest BCUT2D eigenvalue weighted by molar-refractivity contribution is -0.123. The lowest BCUT2D eigenvalue weighted by Gasteiger charge is -2.13. The van der Waals surface area contributed by atoms with Crippen LogP contribution in [0.2, 0.25) is 0 Å². The zero-order valence-electron chi connectivity index (χ0n) is 18.9. The summed E-state index contributed by atoms with van der Waals surface area (Å²) < 4.78 is 11.8. The van der Waals surface area contributed by atoms with Crippen molar-refractivity contribution in [2.45, 2.75) is 26.2 Å². The normalized spacial score (nSPS) is 13.6. The van der Waals surface area contributed by atoms with Gasteiger partial charge in [0.25, 0.3) is 11.8 Å². The number of carbonyl (C=O) groups is 3. The smallest absolute Gasteiger partial charge is 0.305 e. The Labute approximate surface area is 210 Å². The molecule has 0 aliphatic heterocycles. The Balaban J connectivity index is 1.41. The Kier molecular flexibility index (Phi) is 7.61. The number of para-hydroxylation sites is 1. The quantitative estimate of drug-likeness (QED) is 0.413. The van der Waals surface area contributed by atoms with Crippen LogP contribution in [0.3, 0.4) is 0 Å². The van der Waals surface area contributed by atoms with E-state index in [1.54, 1.807) is 43.3 Å². The van der Waals surface area contributed by atoms with Crippen LogP contribution in [0.15, 0.2) is 68.6 Å². The largest absolute Gasteiger partial charge is 0.484 e. The standard InChI is InChI=1S/C25H23BrN4O5/c1-15-22-19(27-28-21(31)14-34-16-8-3-2-4-9-16)12-7-13-20(22)35-23(15)25(33)30-29-24(32)17-10-5-6-11-18(17)26/h2-6,8-11H,7,12-14H2,1H3,(H,28,31)(H,29,32)(H,30,33)/b27-19+. The number of halogens is 1. The third-order valence-electron chi connectivity index (χ3n) is 5.37. The summed E-state index contributed by atoms with van der Waals surface area (Å²) >= 11 is 3.31. The lowest BCUT2D eigenvalue weighted by Crippen LogP contribution is -2.41. The molecule has 3 aromatic rings. The summed E-state index contributed by atoms with van der Waals surface area (Å²) in [6.07, 6.45) is 2.01. The van der Waals surface area contributed by atoms with Crippen LogP contribution in [0.5, 0.6) is 5.75 Å². The molecule has 2 aromatic carbocycles. The van der Waals surface area contributed by atoms with Crippen molar-refractivity contribution in [3.05, 3.63) is 87.3 Å². The minimum atomic E-state index is -0.586. The summed E-state index contributed by atoms with van der Waals surface area (Å²) in [5.74, 6) is -0.176. The van der Waals surface area contributed by atoms with Gasteiger partial charge in [-0.05, 0) is 60.0 Å². The molecule has 0 unspecified atom stereocenters. The van der Waals surface area contributed by atoms with Gasteiger partial charge in [0.05, 0.1) is 11.3 Å². The Morgan fingerprint density at radius 2 is 1.71 bits per heavy atom. The summed E-state index contributed by atoms with van der Waals surface area (Å²) in [5.41, 5.74) is 9.58. The van der Waals surface area contributed by atoms with E-state index in [1.807, 2.05) is 18.2 Å². The van der Waals surface area contributed by atoms with Crippen LogP contribution in [0, 0.1) is 6.92 Å². The molecule has 10 heteroatoms. The predicted octanol–water partition coefficient (Wildman–Crippen LogP) is 3.66. The number of hydrogen-bond donors (Lipinski definition) is 3. The molecular formula is C25H23BrN4O5. The van der Waals surface area contributed by atoms with Crippen molar-refractivity contribution >= 4 is 39.4 Å². The van der Waals surface area contributed by atoms with Gasteiger partial charge in [0.2, 0.25) is 0 Å². The monoisotopic (exact) mass is 538 g/mol. The zero-order chi connectivity index (χ0) is 24.8. The number of fused-ring (bicyclic) bond motifs is 1. The topological polar surface area (TPSA) is 122 Å². The number of hydrazine groups is 1. The number of ether oxygens (including phenoxy) is 1. The average molecular weight is 539 g/mol. The fourth-order valence-electron chi connectivity index (χ4n) is 3.71. The van der Waals surface area contributed by atoms with Gasteiger partial charge in [-0.15, -0.1) is 0 Å². The first-order valence-corrected chi connectivity index (χ1v) is 11.7. The molecule has 0 bridgehead atoms. The highest BCUT2D eigenvalue weighted by molar-refractivity contribution is 9.10. The van der Waals surface area contributed by atoms with Crippen molar-refractivity contribution in [1.82, 2.24) is 16.3 Å².